The average Bonchev–Trinajstić information content (AvgIpc) is 2.79. The molecular formula is C12H17ClN2O. The number of ether oxygens (including phenoxy) is 1. The van der Waals surface area contributed by atoms with Crippen LogP contribution in [0, 0.1) is 0 Å². The second-order valence-corrected chi connectivity index (χ2v) is 4.40. The van der Waals surface area contributed by atoms with Crippen molar-refractivity contribution in [2.24, 2.45) is 0 Å². The number of hydrogen-bond acceptors (Lipinski definition) is 3. The number of nitrogens with zero attached hydrogens (tertiary/aromatic N) is 2. The fourth-order valence-electron chi connectivity index (χ4n) is 1.96. The van der Waals surface area contributed by atoms with E-state index in [1.54, 1.807) is 6.20 Å². The van der Waals surface area contributed by atoms with Gasteiger partial charge in [-0.15, -0.1) is 0 Å². The standard InChI is InChI=1S/C12H17ClN2O/c13-12-11(5-3-6-14-12)16-10-4-9-15-7-1-2-8-15/h3,5-6H,1-2,4,7-10H2. The Kier molecular flexibility index (Phi) is 4.43. The molecule has 3 nitrogen and oxygen atoms in total. The van der Waals surface area contributed by atoms with Crippen LogP contribution in [0.3, 0.4) is 0 Å². The minimum Gasteiger partial charge on any atom is -0.490 e. The van der Waals surface area contributed by atoms with Crippen molar-refractivity contribution in [3.8, 4) is 5.75 Å². The second kappa shape index (κ2) is 6.06. The molecule has 88 valence electrons. The van der Waals surface area contributed by atoms with Crippen molar-refractivity contribution in [3.05, 3.63) is 23.5 Å². The normalized spacial score (nSPS) is 16.6. The van der Waals surface area contributed by atoms with Gasteiger partial charge in [-0.05, 0) is 44.5 Å². The predicted octanol–water partition coefficient (Wildman–Crippen LogP) is 2.60. The molecule has 0 spiro atoms. The molecule has 1 aliphatic rings. The molecule has 0 unspecified atom stereocenters. The van der Waals surface area contributed by atoms with Crippen LogP contribution in [0.2, 0.25) is 5.15 Å². The molecule has 0 amide bonds. The summed E-state index contributed by atoms with van der Waals surface area (Å²) in [5.74, 6) is 0.686. The average molecular weight is 241 g/mol. The van der Waals surface area contributed by atoms with Gasteiger partial charge < -0.3 is 9.64 Å². The SMILES string of the molecule is Clc1ncccc1OCCCN1CCCC1. The quantitative estimate of drug-likeness (QED) is 0.584. The molecule has 2 heterocycles. The minimum absolute atomic E-state index is 0.448. The van der Waals surface area contributed by atoms with Gasteiger partial charge in [-0.25, -0.2) is 4.98 Å². The molecule has 1 aromatic rings. The molecule has 0 radical (unpaired) electrons. The first-order chi connectivity index (χ1) is 7.86. The smallest absolute Gasteiger partial charge is 0.171 e. The van der Waals surface area contributed by atoms with Crippen LogP contribution in [0.4, 0.5) is 0 Å². The zero-order valence-electron chi connectivity index (χ0n) is 9.36. The molecule has 16 heavy (non-hydrogen) atoms. The minimum atomic E-state index is 0.448. The van der Waals surface area contributed by atoms with Crippen LogP contribution >= 0.6 is 11.6 Å². The fraction of sp³-hybridized carbons (Fsp3) is 0.583. The lowest BCUT2D eigenvalue weighted by atomic mass is 10.4. The molecule has 1 fully saturated rings. The number of aromatic nitrogens is 1. The van der Waals surface area contributed by atoms with E-state index in [2.05, 4.69) is 9.88 Å². The second-order valence-electron chi connectivity index (χ2n) is 4.04. The summed E-state index contributed by atoms with van der Waals surface area (Å²) in [6.07, 6.45) is 5.40. The summed E-state index contributed by atoms with van der Waals surface area (Å²) >= 11 is 5.88. The maximum absolute atomic E-state index is 5.88. The van der Waals surface area contributed by atoms with E-state index < -0.39 is 0 Å². The number of hydrogen-bond donors (Lipinski definition) is 0. The van der Waals surface area contributed by atoms with Gasteiger partial charge in [0.25, 0.3) is 0 Å². The highest BCUT2D eigenvalue weighted by atomic mass is 35.5. The number of likely N-dealkylation sites (tertiary alicyclic amines) is 1. The van der Waals surface area contributed by atoms with E-state index in [-0.39, 0.29) is 0 Å². The lowest BCUT2D eigenvalue weighted by molar-refractivity contribution is 0.263. The molecule has 0 aromatic carbocycles. The van der Waals surface area contributed by atoms with Crippen LogP contribution in [-0.2, 0) is 0 Å². The Morgan fingerprint density at radius 3 is 2.94 bits per heavy atom. The third-order valence-electron chi connectivity index (χ3n) is 2.80. The molecule has 1 aliphatic heterocycles. The summed E-state index contributed by atoms with van der Waals surface area (Å²) < 4.78 is 5.58. The Morgan fingerprint density at radius 1 is 1.38 bits per heavy atom. The van der Waals surface area contributed by atoms with Crippen LogP contribution in [0.15, 0.2) is 18.3 Å². The predicted molar refractivity (Wildman–Crippen MR) is 65.0 cm³/mol. The van der Waals surface area contributed by atoms with E-state index in [0.717, 1.165) is 13.0 Å². The largest absolute Gasteiger partial charge is 0.490 e. The summed E-state index contributed by atoms with van der Waals surface area (Å²) in [5.41, 5.74) is 0. The maximum atomic E-state index is 5.88. The van der Waals surface area contributed by atoms with Crippen molar-refractivity contribution in [2.45, 2.75) is 19.3 Å². The van der Waals surface area contributed by atoms with Crippen molar-refractivity contribution in [2.75, 3.05) is 26.2 Å². The summed E-state index contributed by atoms with van der Waals surface area (Å²) in [5, 5.41) is 0.448. The van der Waals surface area contributed by atoms with Crippen molar-refractivity contribution in [3.63, 3.8) is 0 Å². The van der Waals surface area contributed by atoms with Gasteiger partial charge in [0.1, 0.15) is 0 Å². The Hall–Kier alpha value is -0.800. The molecule has 0 N–H and O–H groups in total. The summed E-state index contributed by atoms with van der Waals surface area (Å²) in [4.78, 5) is 6.45. The molecule has 2 rings (SSSR count). The highest BCUT2D eigenvalue weighted by Gasteiger charge is 2.10. The first-order valence-electron chi connectivity index (χ1n) is 5.82. The van der Waals surface area contributed by atoms with Gasteiger partial charge in [0.2, 0.25) is 0 Å². The van der Waals surface area contributed by atoms with E-state index >= 15 is 0 Å². The highest BCUT2D eigenvalue weighted by Crippen LogP contribution is 2.20. The summed E-state index contributed by atoms with van der Waals surface area (Å²) in [7, 11) is 0. The van der Waals surface area contributed by atoms with Gasteiger partial charge in [-0.3, -0.25) is 0 Å². The molecule has 0 atom stereocenters. The Labute approximate surface area is 101 Å². The molecular weight excluding hydrogens is 224 g/mol. The lowest BCUT2D eigenvalue weighted by Crippen LogP contribution is -2.21. The number of rotatable bonds is 5. The summed E-state index contributed by atoms with van der Waals surface area (Å²) in [6.45, 7) is 4.32. The molecule has 4 heteroatoms. The van der Waals surface area contributed by atoms with E-state index in [0.29, 0.717) is 17.5 Å². The van der Waals surface area contributed by atoms with Crippen LogP contribution in [0.5, 0.6) is 5.75 Å². The molecule has 1 aromatic heterocycles. The van der Waals surface area contributed by atoms with Gasteiger partial charge in [0, 0.05) is 12.7 Å². The first-order valence-corrected chi connectivity index (χ1v) is 6.20. The first kappa shape index (κ1) is 11.7. The van der Waals surface area contributed by atoms with E-state index in [1.165, 1.54) is 25.9 Å². The van der Waals surface area contributed by atoms with Crippen LogP contribution in [0.1, 0.15) is 19.3 Å². The monoisotopic (exact) mass is 240 g/mol. The lowest BCUT2D eigenvalue weighted by Gasteiger charge is -2.14. The molecule has 0 saturated carbocycles. The third kappa shape index (κ3) is 3.35. The van der Waals surface area contributed by atoms with Gasteiger partial charge in [0.15, 0.2) is 10.9 Å². The Bertz CT molecular complexity index is 327. The Balaban J connectivity index is 1.66. The zero-order chi connectivity index (χ0) is 11.2. The highest BCUT2D eigenvalue weighted by molar-refractivity contribution is 6.30. The number of pyridine rings is 1. The van der Waals surface area contributed by atoms with Gasteiger partial charge >= 0.3 is 0 Å². The van der Waals surface area contributed by atoms with E-state index in [4.69, 9.17) is 16.3 Å². The van der Waals surface area contributed by atoms with Gasteiger partial charge in [-0.1, -0.05) is 11.6 Å². The maximum Gasteiger partial charge on any atom is 0.171 e. The van der Waals surface area contributed by atoms with Crippen molar-refractivity contribution < 1.29 is 4.74 Å². The van der Waals surface area contributed by atoms with Crippen molar-refractivity contribution >= 4 is 11.6 Å². The molecule has 0 aliphatic carbocycles. The van der Waals surface area contributed by atoms with Gasteiger partial charge in [-0.2, -0.15) is 0 Å². The van der Waals surface area contributed by atoms with Crippen LogP contribution in [-0.4, -0.2) is 36.1 Å². The van der Waals surface area contributed by atoms with Crippen molar-refractivity contribution in [1.82, 2.24) is 9.88 Å². The summed E-state index contributed by atoms with van der Waals surface area (Å²) in [6, 6.07) is 3.69. The van der Waals surface area contributed by atoms with E-state index in [9.17, 15) is 0 Å². The zero-order valence-corrected chi connectivity index (χ0v) is 10.1. The van der Waals surface area contributed by atoms with Crippen LogP contribution < -0.4 is 4.74 Å². The topological polar surface area (TPSA) is 25.4 Å². The third-order valence-corrected chi connectivity index (χ3v) is 3.08. The van der Waals surface area contributed by atoms with Gasteiger partial charge in [0.05, 0.1) is 6.61 Å². The van der Waals surface area contributed by atoms with E-state index in [1.807, 2.05) is 12.1 Å². The molecule has 0 bridgehead atoms. The Morgan fingerprint density at radius 2 is 2.19 bits per heavy atom. The fourth-order valence-corrected chi connectivity index (χ4v) is 2.13. The van der Waals surface area contributed by atoms with Crippen molar-refractivity contribution in [1.29, 1.82) is 0 Å². The molecule has 1 saturated heterocycles. The van der Waals surface area contributed by atoms with Crippen LogP contribution in [0.25, 0.3) is 0 Å². The number of halogens is 1.